The van der Waals surface area contributed by atoms with Gasteiger partial charge in [-0.05, 0) is 31.4 Å². The number of piperidine rings is 2. The summed E-state index contributed by atoms with van der Waals surface area (Å²) in [6, 6.07) is 7.52. The molecule has 0 N–H and O–H groups in total. The van der Waals surface area contributed by atoms with E-state index in [1.165, 1.54) is 16.7 Å². The van der Waals surface area contributed by atoms with E-state index in [-0.39, 0.29) is 24.3 Å². The van der Waals surface area contributed by atoms with Gasteiger partial charge in [0.05, 0.1) is 18.9 Å². The first kappa shape index (κ1) is 21.7. The van der Waals surface area contributed by atoms with E-state index in [1.54, 1.807) is 9.80 Å². The number of hydrogen-bond acceptors (Lipinski definition) is 6. The fourth-order valence-electron chi connectivity index (χ4n) is 4.93. The molecule has 0 bridgehead atoms. The molecular formula is C23H29N3O5S. The maximum atomic E-state index is 13.4. The summed E-state index contributed by atoms with van der Waals surface area (Å²) < 4.78 is 11.5. The predicted octanol–water partition coefficient (Wildman–Crippen LogP) is 1.87. The van der Waals surface area contributed by atoms with E-state index < -0.39 is 11.0 Å². The van der Waals surface area contributed by atoms with E-state index in [0.717, 1.165) is 24.2 Å². The molecule has 3 fully saturated rings. The third kappa shape index (κ3) is 4.13. The van der Waals surface area contributed by atoms with Crippen LogP contribution in [0.25, 0.3) is 0 Å². The van der Waals surface area contributed by atoms with Crippen LogP contribution in [0.3, 0.4) is 0 Å². The molecule has 0 aromatic heterocycles. The van der Waals surface area contributed by atoms with Crippen LogP contribution >= 0.6 is 11.8 Å². The lowest BCUT2D eigenvalue weighted by molar-refractivity contribution is -0.187. The molecule has 4 heterocycles. The highest BCUT2D eigenvalue weighted by Gasteiger charge is 2.43. The summed E-state index contributed by atoms with van der Waals surface area (Å²) in [5.41, 5.74) is 0.703. The van der Waals surface area contributed by atoms with Gasteiger partial charge >= 0.3 is 0 Å². The third-order valence-corrected chi connectivity index (χ3v) is 8.01. The van der Waals surface area contributed by atoms with Gasteiger partial charge in [-0.3, -0.25) is 14.4 Å². The molecule has 4 aliphatic rings. The van der Waals surface area contributed by atoms with Crippen LogP contribution in [0.1, 0.15) is 32.1 Å². The molecule has 5 rings (SSSR count). The Balaban J connectivity index is 1.31. The molecule has 0 saturated carbocycles. The first-order valence-corrected chi connectivity index (χ1v) is 12.4. The lowest BCUT2D eigenvalue weighted by Crippen LogP contribution is -2.54. The maximum Gasteiger partial charge on any atom is 0.250 e. The van der Waals surface area contributed by atoms with E-state index in [2.05, 4.69) is 0 Å². The number of ether oxygens (including phenoxy) is 2. The topological polar surface area (TPSA) is 79.4 Å². The summed E-state index contributed by atoms with van der Waals surface area (Å²) in [4.78, 5) is 45.7. The van der Waals surface area contributed by atoms with Crippen LogP contribution in [-0.4, -0.2) is 84.5 Å². The van der Waals surface area contributed by atoms with Crippen LogP contribution in [0.15, 0.2) is 29.2 Å². The summed E-state index contributed by atoms with van der Waals surface area (Å²) >= 11 is 1.31. The van der Waals surface area contributed by atoms with Gasteiger partial charge in [0, 0.05) is 43.9 Å². The smallest absolute Gasteiger partial charge is 0.250 e. The van der Waals surface area contributed by atoms with E-state index in [1.807, 2.05) is 24.3 Å². The molecule has 0 radical (unpaired) electrons. The van der Waals surface area contributed by atoms with Crippen molar-refractivity contribution in [1.29, 1.82) is 0 Å². The minimum atomic E-state index is -0.833. The SMILES string of the molecule is O=C(CN1C(=O)C(C(=O)N2CCCCC2)Sc2ccccc21)N1CCC2(CC1)OCCO2. The van der Waals surface area contributed by atoms with Gasteiger partial charge in [-0.2, -0.15) is 0 Å². The number of hydrogen-bond donors (Lipinski definition) is 0. The standard InChI is InChI=1S/C23H29N3O5S/c27-19(24-12-8-23(9-13-24)30-14-15-31-23)16-26-17-6-2-3-7-18(17)32-20(22(26)29)21(28)25-10-4-1-5-11-25/h2-3,6-7,20H,1,4-5,8-16H2. The Kier molecular flexibility index (Phi) is 6.14. The molecule has 1 aromatic carbocycles. The molecular weight excluding hydrogens is 430 g/mol. The number of anilines is 1. The molecule has 1 aromatic rings. The Morgan fingerprint density at radius 3 is 2.38 bits per heavy atom. The number of benzene rings is 1. The van der Waals surface area contributed by atoms with E-state index in [4.69, 9.17) is 9.47 Å². The van der Waals surface area contributed by atoms with Gasteiger partial charge in [0.1, 0.15) is 6.54 Å². The zero-order valence-corrected chi connectivity index (χ0v) is 19.0. The van der Waals surface area contributed by atoms with E-state index in [9.17, 15) is 14.4 Å². The van der Waals surface area contributed by atoms with Crippen LogP contribution in [-0.2, 0) is 23.9 Å². The summed E-state index contributed by atoms with van der Waals surface area (Å²) in [7, 11) is 0. The second kappa shape index (κ2) is 9.03. The average molecular weight is 460 g/mol. The number of para-hydroxylation sites is 1. The zero-order valence-electron chi connectivity index (χ0n) is 18.2. The molecule has 1 atom stereocenters. The Morgan fingerprint density at radius 1 is 0.969 bits per heavy atom. The molecule has 0 aliphatic carbocycles. The van der Waals surface area contributed by atoms with Gasteiger partial charge < -0.3 is 24.2 Å². The van der Waals surface area contributed by atoms with Crippen molar-refractivity contribution in [2.24, 2.45) is 0 Å². The predicted molar refractivity (Wildman–Crippen MR) is 119 cm³/mol. The lowest BCUT2D eigenvalue weighted by atomic mass is 10.0. The minimum absolute atomic E-state index is 0.0606. The number of likely N-dealkylation sites (tertiary alicyclic amines) is 2. The van der Waals surface area contributed by atoms with Crippen LogP contribution in [0.5, 0.6) is 0 Å². The van der Waals surface area contributed by atoms with Crippen molar-refractivity contribution in [3.8, 4) is 0 Å². The molecule has 1 unspecified atom stereocenters. The van der Waals surface area contributed by atoms with E-state index in [0.29, 0.717) is 57.9 Å². The number of carbonyl (C=O) groups is 3. The molecule has 8 nitrogen and oxygen atoms in total. The molecule has 1 spiro atoms. The third-order valence-electron chi connectivity index (χ3n) is 6.77. The van der Waals surface area contributed by atoms with Crippen LogP contribution in [0.4, 0.5) is 5.69 Å². The van der Waals surface area contributed by atoms with Crippen molar-refractivity contribution in [3.63, 3.8) is 0 Å². The highest BCUT2D eigenvalue weighted by Crippen LogP contribution is 2.40. The normalized spacial score (nSPS) is 25.2. The largest absolute Gasteiger partial charge is 0.347 e. The van der Waals surface area contributed by atoms with Crippen molar-refractivity contribution in [2.45, 2.75) is 48.0 Å². The monoisotopic (exact) mass is 459 g/mol. The van der Waals surface area contributed by atoms with Crippen molar-refractivity contribution >= 4 is 35.2 Å². The van der Waals surface area contributed by atoms with Gasteiger partial charge in [-0.1, -0.05) is 12.1 Å². The van der Waals surface area contributed by atoms with Gasteiger partial charge in [0.15, 0.2) is 11.0 Å². The quantitative estimate of drug-likeness (QED) is 0.642. The van der Waals surface area contributed by atoms with Crippen LogP contribution in [0.2, 0.25) is 0 Å². The highest BCUT2D eigenvalue weighted by atomic mass is 32.2. The number of fused-ring (bicyclic) bond motifs is 1. The average Bonchev–Trinajstić information content (AvgIpc) is 3.29. The Morgan fingerprint density at radius 2 is 1.66 bits per heavy atom. The van der Waals surface area contributed by atoms with Crippen LogP contribution in [0, 0.1) is 0 Å². The summed E-state index contributed by atoms with van der Waals surface area (Å²) in [5.74, 6) is -1.10. The lowest BCUT2D eigenvalue weighted by Gasteiger charge is -2.39. The molecule has 9 heteroatoms. The first-order valence-electron chi connectivity index (χ1n) is 11.5. The Bertz CT molecular complexity index is 887. The summed E-state index contributed by atoms with van der Waals surface area (Å²) in [6.45, 7) is 3.59. The number of thioether (sulfide) groups is 1. The number of nitrogens with zero attached hydrogens (tertiary/aromatic N) is 3. The molecule has 3 saturated heterocycles. The fourth-order valence-corrected chi connectivity index (χ4v) is 6.12. The second-order valence-corrected chi connectivity index (χ2v) is 9.91. The fraction of sp³-hybridized carbons (Fsp3) is 0.609. The Hall–Kier alpha value is -2.10. The molecule has 3 amide bonds. The zero-order chi connectivity index (χ0) is 22.1. The van der Waals surface area contributed by atoms with Crippen molar-refractivity contribution in [2.75, 3.05) is 50.8 Å². The van der Waals surface area contributed by atoms with Gasteiger partial charge in [0.25, 0.3) is 5.91 Å². The number of carbonyl (C=O) groups excluding carboxylic acids is 3. The minimum Gasteiger partial charge on any atom is -0.347 e. The van der Waals surface area contributed by atoms with Crippen molar-refractivity contribution in [3.05, 3.63) is 24.3 Å². The van der Waals surface area contributed by atoms with Gasteiger partial charge in [-0.25, -0.2) is 0 Å². The first-order chi connectivity index (χ1) is 15.6. The van der Waals surface area contributed by atoms with E-state index >= 15 is 0 Å². The van der Waals surface area contributed by atoms with Crippen molar-refractivity contribution < 1.29 is 23.9 Å². The summed E-state index contributed by atoms with van der Waals surface area (Å²) in [5, 5.41) is -0.833. The highest BCUT2D eigenvalue weighted by molar-refractivity contribution is 8.01. The Labute approximate surface area is 192 Å². The van der Waals surface area contributed by atoms with Gasteiger partial charge in [0.2, 0.25) is 11.8 Å². The van der Waals surface area contributed by atoms with Crippen LogP contribution < -0.4 is 4.90 Å². The van der Waals surface area contributed by atoms with Crippen molar-refractivity contribution in [1.82, 2.24) is 9.80 Å². The number of rotatable bonds is 3. The second-order valence-electron chi connectivity index (χ2n) is 8.76. The molecule has 32 heavy (non-hydrogen) atoms. The van der Waals surface area contributed by atoms with Gasteiger partial charge in [-0.15, -0.1) is 11.8 Å². The summed E-state index contributed by atoms with van der Waals surface area (Å²) in [6.07, 6.45) is 4.33. The molecule has 172 valence electrons. The maximum absolute atomic E-state index is 13.4. The molecule has 4 aliphatic heterocycles. The number of amides is 3.